The van der Waals surface area contributed by atoms with Crippen molar-refractivity contribution in [3.63, 3.8) is 0 Å². The van der Waals surface area contributed by atoms with Gasteiger partial charge in [0.25, 0.3) is 11.5 Å². The Morgan fingerprint density at radius 2 is 1.50 bits per heavy atom. The first kappa shape index (κ1) is 21.5. The molecule has 4 aromatic rings. The van der Waals surface area contributed by atoms with Gasteiger partial charge < -0.3 is 10.2 Å². The van der Waals surface area contributed by atoms with Crippen LogP contribution in [-0.2, 0) is 6.42 Å². The maximum Gasteiger partial charge on any atom is 0.279 e. The molecule has 4 rings (SSSR count). The maximum atomic E-state index is 13.2. The maximum absolute atomic E-state index is 13.2. The average molecular weight is 427 g/mol. The molecule has 0 aliphatic carbocycles. The summed E-state index contributed by atoms with van der Waals surface area (Å²) in [4.78, 5) is 28.4. The number of amides is 1. The number of benzene rings is 3. The number of nitrogens with zero attached hydrogens (tertiary/aromatic N) is 3. The third-order valence-corrected chi connectivity index (χ3v) is 5.56. The van der Waals surface area contributed by atoms with E-state index in [-0.39, 0.29) is 23.2 Å². The molecular formula is C26H26N4O2. The van der Waals surface area contributed by atoms with Crippen LogP contribution in [0.1, 0.15) is 16.1 Å². The number of hydrogen-bond acceptors (Lipinski definition) is 4. The highest BCUT2D eigenvalue weighted by Crippen LogP contribution is 2.15. The van der Waals surface area contributed by atoms with Crippen molar-refractivity contribution < 1.29 is 4.79 Å². The summed E-state index contributed by atoms with van der Waals surface area (Å²) in [6.45, 7) is 0.460. The molecule has 0 radical (unpaired) electrons. The number of likely N-dealkylation sites (N-methyl/N-ethyl adjacent to an activating group) is 1. The topological polar surface area (TPSA) is 67.2 Å². The fourth-order valence-corrected chi connectivity index (χ4v) is 3.72. The number of nitrogens with one attached hydrogen (secondary N) is 1. The van der Waals surface area contributed by atoms with Gasteiger partial charge in [-0.15, -0.1) is 0 Å². The molecule has 0 aliphatic rings. The molecule has 3 aromatic carbocycles. The first-order valence-electron chi connectivity index (χ1n) is 10.6. The van der Waals surface area contributed by atoms with E-state index in [0.717, 1.165) is 6.42 Å². The van der Waals surface area contributed by atoms with Crippen molar-refractivity contribution in [2.24, 2.45) is 0 Å². The van der Waals surface area contributed by atoms with E-state index in [1.807, 2.05) is 56.6 Å². The zero-order valence-corrected chi connectivity index (χ0v) is 18.2. The van der Waals surface area contributed by atoms with Crippen LogP contribution in [0.3, 0.4) is 0 Å². The minimum Gasteiger partial charge on any atom is -0.349 e. The van der Waals surface area contributed by atoms with Crippen LogP contribution in [-0.4, -0.2) is 47.3 Å². The van der Waals surface area contributed by atoms with Crippen LogP contribution in [0.4, 0.5) is 0 Å². The second kappa shape index (κ2) is 9.58. The number of fused-ring (bicyclic) bond motifs is 1. The van der Waals surface area contributed by atoms with E-state index in [9.17, 15) is 9.59 Å². The third-order valence-electron chi connectivity index (χ3n) is 5.56. The van der Waals surface area contributed by atoms with Crippen molar-refractivity contribution in [1.82, 2.24) is 20.0 Å². The van der Waals surface area contributed by atoms with Gasteiger partial charge >= 0.3 is 0 Å². The highest BCUT2D eigenvalue weighted by atomic mass is 16.2. The fourth-order valence-electron chi connectivity index (χ4n) is 3.72. The molecule has 1 atom stereocenters. The number of carbonyl (C=O) groups is 1. The van der Waals surface area contributed by atoms with Gasteiger partial charge in [-0.3, -0.25) is 9.59 Å². The van der Waals surface area contributed by atoms with Crippen LogP contribution in [0.25, 0.3) is 16.5 Å². The molecular weight excluding hydrogens is 400 g/mol. The Morgan fingerprint density at radius 1 is 0.906 bits per heavy atom. The molecule has 1 N–H and O–H groups in total. The van der Waals surface area contributed by atoms with E-state index in [1.165, 1.54) is 10.2 Å². The Bertz CT molecular complexity index is 1270. The van der Waals surface area contributed by atoms with Gasteiger partial charge in [0.15, 0.2) is 5.69 Å². The molecule has 6 nitrogen and oxygen atoms in total. The van der Waals surface area contributed by atoms with Gasteiger partial charge in [-0.05, 0) is 44.3 Å². The summed E-state index contributed by atoms with van der Waals surface area (Å²) >= 11 is 0. The second-order valence-electron chi connectivity index (χ2n) is 7.96. The molecule has 1 aromatic heterocycles. The van der Waals surface area contributed by atoms with E-state index < -0.39 is 0 Å². The first-order chi connectivity index (χ1) is 15.5. The van der Waals surface area contributed by atoms with Crippen molar-refractivity contribution in [2.45, 2.75) is 12.5 Å². The van der Waals surface area contributed by atoms with Crippen LogP contribution >= 0.6 is 0 Å². The van der Waals surface area contributed by atoms with Crippen LogP contribution in [0.15, 0.2) is 89.7 Å². The number of carbonyl (C=O) groups excluding carboxylic acids is 1. The van der Waals surface area contributed by atoms with Crippen molar-refractivity contribution in [2.75, 3.05) is 20.6 Å². The molecule has 1 amide bonds. The minimum absolute atomic E-state index is 0.118. The summed E-state index contributed by atoms with van der Waals surface area (Å²) in [5.41, 5.74) is 1.81. The third kappa shape index (κ3) is 4.60. The molecule has 162 valence electrons. The van der Waals surface area contributed by atoms with Crippen molar-refractivity contribution >= 4 is 16.7 Å². The van der Waals surface area contributed by atoms with Crippen LogP contribution in [0, 0.1) is 0 Å². The van der Waals surface area contributed by atoms with Gasteiger partial charge in [0.2, 0.25) is 0 Å². The number of para-hydroxylation sites is 1. The molecule has 0 spiro atoms. The standard InChI is InChI=1S/C26H26N4O2/c1-29(2)21(17-19-11-5-3-6-12-19)18-27-25(31)24-22-15-9-10-16-23(22)26(32)30(28-24)20-13-7-4-8-14-20/h3-16,21H,17-18H2,1-2H3,(H,27,31)/t21-/m0/s1. The summed E-state index contributed by atoms with van der Waals surface area (Å²) < 4.78 is 1.30. The molecule has 0 bridgehead atoms. The highest BCUT2D eigenvalue weighted by molar-refractivity contribution is 6.04. The largest absolute Gasteiger partial charge is 0.349 e. The van der Waals surface area contributed by atoms with E-state index in [4.69, 9.17) is 0 Å². The number of rotatable bonds is 7. The molecule has 1 heterocycles. The molecule has 0 fully saturated rings. The fraction of sp³-hybridized carbons (Fsp3) is 0.192. The Labute approximate surface area is 187 Å². The Hall–Kier alpha value is -3.77. The summed E-state index contributed by atoms with van der Waals surface area (Å²) in [7, 11) is 4.01. The summed E-state index contributed by atoms with van der Waals surface area (Å²) in [6, 6.07) is 26.6. The molecule has 6 heteroatoms. The molecule has 0 unspecified atom stereocenters. The summed E-state index contributed by atoms with van der Waals surface area (Å²) in [6.07, 6.45) is 0.811. The lowest BCUT2D eigenvalue weighted by atomic mass is 10.0. The van der Waals surface area contributed by atoms with Gasteiger partial charge in [-0.25, -0.2) is 0 Å². The minimum atomic E-state index is -0.300. The SMILES string of the molecule is CN(C)[C@H](CNC(=O)c1nn(-c2ccccc2)c(=O)c2ccccc12)Cc1ccccc1. The molecule has 0 saturated heterocycles. The lowest BCUT2D eigenvalue weighted by molar-refractivity contribution is 0.0937. The Balaban J connectivity index is 1.64. The number of hydrogen-bond donors (Lipinski definition) is 1. The lowest BCUT2D eigenvalue weighted by Crippen LogP contribution is -2.42. The van der Waals surface area contributed by atoms with E-state index in [1.54, 1.807) is 30.3 Å². The normalized spacial score (nSPS) is 12.1. The predicted octanol–water partition coefficient (Wildman–Crippen LogP) is 3.29. The van der Waals surface area contributed by atoms with Crippen LogP contribution in [0.2, 0.25) is 0 Å². The summed E-state index contributed by atoms with van der Waals surface area (Å²) in [5.74, 6) is -0.300. The van der Waals surface area contributed by atoms with Crippen LogP contribution in [0.5, 0.6) is 0 Å². The zero-order valence-electron chi connectivity index (χ0n) is 18.2. The molecule has 32 heavy (non-hydrogen) atoms. The monoisotopic (exact) mass is 426 g/mol. The highest BCUT2D eigenvalue weighted by Gasteiger charge is 2.19. The molecule has 0 aliphatic heterocycles. The van der Waals surface area contributed by atoms with Gasteiger partial charge in [0.05, 0.1) is 11.1 Å². The van der Waals surface area contributed by atoms with E-state index in [0.29, 0.717) is 23.0 Å². The Morgan fingerprint density at radius 3 is 2.16 bits per heavy atom. The predicted molar refractivity (Wildman–Crippen MR) is 127 cm³/mol. The van der Waals surface area contributed by atoms with Gasteiger partial charge in [0.1, 0.15) is 0 Å². The van der Waals surface area contributed by atoms with Crippen molar-refractivity contribution in [1.29, 1.82) is 0 Å². The lowest BCUT2D eigenvalue weighted by Gasteiger charge is -2.25. The van der Waals surface area contributed by atoms with E-state index >= 15 is 0 Å². The van der Waals surface area contributed by atoms with Crippen molar-refractivity contribution in [3.8, 4) is 5.69 Å². The van der Waals surface area contributed by atoms with E-state index in [2.05, 4.69) is 27.4 Å². The van der Waals surface area contributed by atoms with Gasteiger partial charge in [0, 0.05) is 18.0 Å². The quantitative estimate of drug-likeness (QED) is 0.493. The Kier molecular flexibility index (Phi) is 6.42. The van der Waals surface area contributed by atoms with Gasteiger partial charge in [-0.2, -0.15) is 9.78 Å². The zero-order chi connectivity index (χ0) is 22.5. The van der Waals surface area contributed by atoms with Crippen molar-refractivity contribution in [3.05, 3.63) is 107 Å². The number of aromatic nitrogens is 2. The van der Waals surface area contributed by atoms with Crippen LogP contribution < -0.4 is 10.9 Å². The van der Waals surface area contributed by atoms with Gasteiger partial charge in [-0.1, -0.05) is 66.7 Å². The second-order valence-corrected chi connectivity index (χ2v) is 7.96. The first-order valence-corrected chi connectivity index (χ1v) is 10.6. The average Bonchev–Trinajstić information content (AvgIpc) is 2.83. The molecule has 0 saturated carbocycles. The summed E-state index contributed by atoms with van der Waals surface area (Å²) in [5, 5.41) is 8.50. The smallest absolute Gasteiger partial charge is 0.279 e.